The van der Waals surface area contributed by atoms with Gasteiger partial charge in [0.05, 0.1) is 0 Å². The van der Waals surface area contributed by atoms with Crippen LogP contribution < -0.4 is 5.73 Å². The van der Waals surface area contributed by atoms with Gasteiger partial charge in [-0.1, -0.05) is 129 Å². The van der Waals surface area contributed by atoms with Gasteiger partial charge in [-0.15, -0.1) is 0 Å². The highest BCUT2D eigenvalue weighted by Crippen LogP contribution is 2.10. The van der Waals surface area contributed by atoms with Crippen LogP contribution in [-0.2, 0) is 4.74 Å². The predicted octanol–water partition coefficient (Wildman–Crippen LogP) is 9.36. The molecule has 0 saturated heterocycles. The Bertz CT molecular complexity index is 300. The van der Waals surface area contributed by atoms with Gasteiger partial charge in [0, 0.05) is 20.8 Å². The molecule has 0 aliphatic heterocycles. The zero-order chi connectivity index (χ0) is 25.1. The van der Waals surface area contributed by atoms with E-state index in [2.05, 4.69) is 30.7 Å². The Morgan fingerprint density at radius 2 is 0.818 bits per heavy atom. The molecular formula is C30H65NO2. The van der Waals surface area contributed by atoms with E-state index in [0.29, 0.717) is 6.61 Å². The molecule has 3 nitrogen and oxygen atoms in total. The molecule has 0 aromatic carbocycles. The van der Waals surface area contributed by atoms with Crippen LogP contribution in [0.15, 0.2) is 12.2 Å². The summed E-state index contributed by atoms with van der Waals surface area (Å²) in [6, 6.07) is 0. The largest absolute Gasteiger partial charge is 0.396 e. The minimum atomic E-state index is 0.370. The molecule has 3 heteroatoms. The average molecular weight is 472 g/mol. The van der Waals surface area contributed by atoms with Crippen LogP contribution in [0.4, 0.5) is 0 Å². The average Bonchev–Trinajstić information content (AvgIpc) is 2.82. The fraction of sp³-hybridized carbons (Fsp3) is 0.933. The highest BCUT2D eigenvalue weighted by atomic mass is 16.4. The Morgan fingerprint density at radius 1 is 0.515 bits per heavy atom. The van der Waals surface area contributed by atoms with Crippen LogP contribution in [-0.4, -0.2) is 32.5 Å². The van der Waals surface area contributed by atoms with Crippen LogP contribution in [0.2, 0.25) is 0 Å². The summed E-state index contributed by atoms with van der Waals surface area (Å²) in [6.07, 6.45) is 34.3. The highest BCUT2D eigenvalue weighted by molar-refractivity contribution is 4.81. The topological polar surface area (TPSA) is 55.5 Å². The van der Waals surface area contributed by atoms with Crippen LogP contribution in [0.1, 0.15) is 155 Å². The molecule has 0 saturated carbocycles. The van der Waals surface area contributed by atoms with E-state index in [4.69, 9.17) is 10.8 Å². The van der Waals surface area contributed by atoms with Gasteiger partial charge in [-0.2, -0.15) is 0 Å². The van der Waals surface area contributed by atoms with Gasteiger partial charge in [0.1, 0.15) is 0 Å². The normalized spacial score (nSPS) is 10.6. The van der Waals surface area contributed by atoms with E-state index in [1.165, 1.54) is 135 Å². The predicted molar refractivity (Wildman–Crippen MR) is 151 cm³/mol. The van der Waals surface area contributed by atoms with E-state index < -0.39 is 0 Å². The van der Waals surface area contributed by atoms with Crippen LogP contribution >= 0.6 is 0 Å². The van der Waals surface area contributed by atoms with Crippen molar-refractivity contribution in [3.8, 4) is 0 Å². The van der Waals surface area contributed by atoms with Gasteiger partial charge < -0.3 is 15.6 Å². The zero-order valence-corrected chi connectivity index (χ0v) is 23.6. The van der Waals surface area contributed by atoms with Gasteiger partial charge in [0.2, 0.25) is 0 Å². The molecule has 0 aliphatic carbocycles. The van der Waals surface area contributed by atoms with Crippen molar-refractivity contribution in [2.45, 2.75) is 155 Å². The third-order valence-corrected chi connectivity index (χ3v) is 5.73. The molecule has 0 aromatic rings. The third-order valence-electron chi connectivity index (χ3n) is 5.73. The number of unbranched alkanes of at least 4 members (excludes halogenated alkanes) is 19. The number of aliphatic hydroxyl groups is 1. The molecule has 0 unspecified atom stereocenters. The molecule has 0 fully saturated rings. The van der Waals surface area contributed by atoms with Crippen molar-refractivity contribution < 1.29 is 9.84 Å². The van der Waals surface area contributed by atoms with Crippen molar-refractivity contribution in [2.75, 3.05) is 27.4 Å². The summed E-state index contributed by atoms with van der Waals surface area (Å²) in [5.74, 6) is 0. The molecule has 0 atom stereocenters. The van der Waals surface area contributed by atoms with E-state index in [1.54, 1.807) is 14.2 Å². The maximum Gasteiger partial charge on any atom is 0.0431 e. The van der Waals surface area contributed by atoms with Gasteiger partial charge >= 0.3 is 0 Å². The fourth-order valence-electron chi connectivity index (χ4n) is 3.64. The first kappa shape index (κ1) is 37.2. The minimum absolute atomic E-state index is 0.370. The van der Waals surface area contributed by atoms with Gasteiger partial charge in [-0.25, -0.2) is 0 Å². The SMILES string of the molecule is CCCCCC/C=C\CCCCCCCCCCN.CCCCCCCCCCO.COC. The van der Waals surface area contributed by atoms with Gasteiger partial charge in [0.15, 0.2) is 0 Å². The van der Waals surface area contributed by atoms with Crippen molar-refractivity contribution in [1.82, 2.24) is 0 Å². The summed E-state index contributed by atoms with van der Waals surface area (Å²) in [5, 5.41) is 8.51. The number of allylic oxidation sites excluding steroid dienone is 2. The molecule has 0 aliphatic rings. The lowest BCUT2D eigenvalue weighted by molar-refractivity contribution is 0.277. The number of methoxy groups -OCH3 is 1. The first-order chi connectivity index (χ1) is 16.2. The number of ether oxygens (including phenoxy) is 1. The Morgan fingerprint density at radius 3 is 1.18 bits per heavy atom. The van der Waals surface area contributed by atoms with E-state index in [9.17, 15) is 0 Å². The summed E-state index contributed by atoms with van der Waals surface area (Å²) in [5.41, 5.74) is 5.48. The molecular weight excluding hydrogens is 406 g/mol. The molecule has 0 heterocycles. The van der Waals surface area contributed by atoms with Crippen molar-refractivity contribution in [3.05, 3.63) is 12.2 Å². The first-order valence-corrected chi connectivity index (χ1v) is 14.6. The smallest absolute Gasteiger partial charge is 0.0431 e. The molecule has 0 rings (SSSR count). The second kappa shape index (κ2) is 41.8. The van der Waals surface area contributed by atoms with E-state index in [1.807, 2.05) is 0 Å². The Hall–Kier alpha value is -0.380. The molecule has 33 heavy (non-hydrogen) atoms. The number of hydrogen-bond donors (Lipinski definition) is 2. The van der Waals surface area contributed by atoms with Crippen molar-refractivity contribution in [1.29, 1.82) is 0 Å². The second-order valence-corrected chi connectivity index (χ2v) is 9.33. The van der Waals surface area contributed by atoms with Crippen molar-refractivity contribution >= 4 is 0 Å². The van der Waals surface area contributed by atoms with Crippen molar-refractivity contribution in [3.63, 3.8) is 0 Å². The Balaban J connectivity index is -0.000000542. The first-order valence-electron chi connectivity index (χ1n) is 14.6. The fourth-order valence-corrected chi connectivity index (χ4v) is 3.64. The monoisotopic (exact) mass is 472 g/mol. The molecule has 202 valence electrons. The molecule has 3 N–H and O–H groups in total. The molecule has 0 radical (unpaired) electrons. The Kier molecular flexibility index (Phi) is 47.1. The van der Waals surface area contributed by atoms with E-state index in [-0.39, 0.29) is 0 Å². The molecule has 0 spiro atoms. The maximum absolute atomic E-state index is 8.51. The number of hydrogen-bond acceptors (Lipinski definition) is 3. The molecule has 0 aromatic heterocycles. The van der Waals surface area contributed by atoms with Gasteiger partial charge in [-0.3, -0.25) is 0 Å². The summed E-state index contributed by atoms with van der Waals surface area (Å²) in [4.78, 5) is 0. The van der Waals surface area contributed by atoms with Gasteiger partial charge in [-0.05, 0) is 45.1 Å². The standard InChI is InChI=1S/C18H37N.C10H22O.C2H6O/c1-2-3-4-5-6-7-8-9-10-11-12-13-14-15-16-17-18-19;1-2-3-4-5-6-7-8-9-10-11;1-3-2/h7-8H,2-6,9-19H2,1H3;11H,2-10H2,1H3;1-2H3/b8-7-;;. The lowest BCUT2D eigenvalue weighted by Gasteiger charge is -2.00. The number of aliphatic hydroxyl groups excluding tert-OH is 1. The minimum Gasteiger partial charge on any atom is -0.396 e. The van der Waals surface area contributed by atoms with E-state index >= 15 is 0 Å². The summed E-state index contributed by atoms with van der Waals surface area (Å²) in [6.45, 7) is 5.75. The molecule has 0 amide bonds. The molecule has 0 bridgehead atoms. The lowest BCUT2D eigenvalue weighted by atomic mass is 10.1. The number of nitrogens with two attached hydrogens (primary N) is 1. The van der Waals surface area contributed by atoms with Crippen LogP contribution in [0.3, 0.4) is 0 Å². The maximum atomic E-state index is 8.51. The number of rotatable bonds is 23. The summed E-state index contributed by atoms with van der Waals surface area (Å²) < 4.78 is 4.25. The van der Waals surface area contributed by atoms with Crippen LogP contribution in [0, 0.1) is 0 Å². The lowest BCUT2D eigenvalue weighted by Crippen LogP contribution is -1.97. The van der Waals surface area contributed by atoms with Crippen molar-refractivity contribution in [2.24, 2.45) is 5.73 Å². The van der Waals surface area contributed by atoms with Gasteiger partial charge in [0.25, 0.3) is 0 Å². The van der Waals surface area contributed by atoms with E-state index in [0.717, 1.165) is 13.0 Å². The van der Waals surface area contributed by atoms with Crippen LogP contribution in [0.25, 0.3) is 0 Å². The second-order valence-electron chi connectivity index (χ2n) is 9.33. The summed E-state index contributed by atoms with van der Waals surface area (Å²) in [7, 11) is 3.25. The summed E-state index contributed by atoms with van der Waals surface area (Å²) >= 11 is 0. The highest BCUT2D eigenvalue weighted by Gasteiger charge is 1.91. The zero-order valence-electron chi connectivity index (χ0n) is 23.6. The quantitative estimate of drug-likeness (QED) is 0.115. The third kappa shape index (κ3) is 49.7. The Labute approximate surface area is 210 Å². The van der Waals surface area contributed by atoms with Crippen LogP contribution in [0.5, 0.6) is 0 Å².